The molecular formula is C22H24N2O6S. The molecule has 2 aromatic rings. The van der Waals surface area contributed by atoms with Gasteiger partial charge in [0.1, 0.15) is 23.6 Å². The summed E-state index contributed by atoms with van der Waals surface area (Å²) in [5, 5.41) is 9.61. The molecule has 0 amide bonds. The van der Waals surface area contributed by atoms with Crippen LogP contribution >= 0.6 is 0 Å². The second-order valence-electron chi connectivity index (χ2n) is 7.79. The number of hydrogen-bond acceptors (Lipinski definition) is 6. The van der Waals surface area contributed by atoms with Gasteiger partial charge in [0, 0.05) is 6.08 Å². The number of rotatable bonds is 6. The van der Waals surface area contributed by atoms with E-state index in [4.69, 9.17) is 9.47 Å². The lowest BCUT2D eigenvalue weighted by molar-refractivity contribution is -0.148. The van der Waals surface area contributed by atoms with Crippen LogP contribution in [0.4, 0.5) is 5.69 Å². The second kappa shape index (κ2) is 8.73. The molecule has 2 aromatic carbocycles. The molecule has 0 radical (unpaired) electrons. The first-order valence-corrected chi connectivity index (χ1v) is 10.9. The fourth-order valence-corrected chi connectivity index (χ4v) is 3.82. The van der Waals surface area contributed by atoms with E-state index in [0.29, 0.717) is 5.56 Å². The lowest BCUT2D eigenvalue weighted by Crippen LogP contribution is -2.29. The molecule has 164 valence electrons. The highest BCUT2D eigenvalue weighted by molar-refractivity contribution is 7.91. The van der Waals surface area contributed by atoms with Crippen LogP contribution in [0, 0.1) is 0 Å². The molecule has 0 spiro atoms. The minimum atomic E-state index is -3.99. The van der Waals surface area contributed by atoms with Crippen molar-refractivity contribution in [2.24, 2.45) is 0 Å². The average molecular weight is 445 g/mol. The van der Waals surface area contributed by atoms with E-state index < -0.39 is 27.7 Å². The van der Waals surface area contributed by atoms with E-state index in [1.165, 1.54) is 12.1 Å². The summed E-state index contributed by atoms with van der Waals surface area (Å²) in [4.78, 5) is 12.0. The van der Waals surface area contributed by atoms with Crippen LogP contribution < -0.4 is 13.8 Å². The summed E-state index contributed by atoms with van der Waals surface area (Å²) in [5.74, 6) is -0.739. The van der Waals surface area contributed by atoms with E-state index in [-0.39, 0.29) is 18.0 Å². The van der Waals surface area contributed by atoms with Gasteiger partial charge in [-0.3, -0.25) is 0 Å². The molecule has 0 saturated carbocycles. The molecule has 1 aliphatic rings. The minimum Gasteiger partial charge on any atom is -0.493 e. The monoisotopic (exact) mass is 444 g/mol. The molecule has 1 aliphatic heterocycles. The molecule has 0 saturated heterocycles. The number of aliphatic hydroxyl groups excluding tert-OH is 1. The fraction of sp³-hybridized carbons (Fsp3) is 0.227. The van der Waals surface area contributed by atoms with Gasteiger partial charge in [-0.2, -0.15) is 8.42 Å². The van der Waals surface area contributed by atoms with Crippen molar-refractivity contribution in [2.75, 3.05) is 4.31 Å². The van der Waals surface area contributed by atoms with E-state index in [2.05, 4.69) is 0 Å². The Balaban J connectivity index is 1.91. The zero-order valence-electron chi connectivity index (χ0n) is 17.4. The van der Waals surface area contributed by atoms with Crippen molar-refractivity contribution in [1.29, 1.82) is 0 Å². The Hall–Kier alpha value is -3.46. The van der Waals surface area contributed by atoms with Gasteiger partial charge >= 0.3 is 16.2 Å². The average Bonchev–Trinajstić information content (AvgIpc) is 2.96. The summed E-state index contributed by atoms with van der Waals surface area (Å²) < 4.78 is 38.7. The fourth-order valence-electron chi connectivity index (χ4n) is 2.75. The molecule has 0 atom stereocenters. The predicted octanol–water partition coefficient (Wildman–Crippen LogP) is 3.63. The van der Waals surface area contributed by atoms with Crippen LogP contribution in [0.5, 0.6) is 5.75 Å². The third-order valence-corrected chi connectivity index (χ3v) is 5.30. The Morgan fingerprint density at radius 1 is 1.16 bits per heavy atom. The summed E-state index contributed by atoms with van der Waals surface area (Å²) in [7, 11) is -3.99. The van der Waals surface area contributed by atoms with Crippen molar-refractivity contribution in [3.63, 3.8) is 0 Å². The number of benzene rings is 2. The summed E-state index contributed by atoms with van der Waals surface area (Å²) in [6, 6.07) is 14.2. The molecule has 31 heavy (non-hydrogen) atoms. The van der Waals surface area contributed by atoms with E-state index in [1.54, 1.807) is 39.0 Å². The SMILES string of the molecule is CC(C)(C)OC(=O)C=Cc1ccc(N2C=C(O)NS2(=O)=O)c(OCc2ccccc2)c1. The smallest absolute Gasteiger partial charge is 0.331 e. The molecular weight excluding hydrogens is 420 g/mol. The third kappa shape index (κ3) is 6.02. The number of hydrogen-bond donors (Lipinski definition) is 2. The van der Waals surface area contributed by atoms with Crippen LogP contribution in [0.15, 0.2) is 66.7 Å². The molecule has 0 bridgehead atoms. The maximum absolute atomic E-state index is 12.3. The number of nitrogens with zero attached hydrogens (tertiary/aromatic N) is 1. The van der Waals surface area contributed by atoms with Crippen LogP contribution in [0.1, 0.15) is 31.9 Å². The van der Waals surface area contributed by atoms with Gasteiger partial charge in [0.25, 0.3) is 0 Å². The normalized spacial score (nSPS) is 15.5. The van der Waals surface area contributed by atoms with Gasteiger partial charge in [0.2, 0.25) is 5.88 Å². The van der Waals surface area contributed by atoms with Crippen LogP contribution in [0.3, 0.4) is 0 Å². The second-order valence-corrected chi connectivity index (χ2v) is 9.33. The molecule has 2 N–H and O–H groups in total. The van der Waals surface area contributed by atoms with Gasteiger partial charge in [-0.05, 0) is 50.1 Å². The van der Waals surface area contributed by atoms with Gasteiger partial charge in [-0.25, -0.2) is 13.8 Å². The number of esters is 1. The van der Waals surface area contributed by atoms with Crippen molar-refractivity contribution in [2.45, 2.75) is 33.0 Å². The number of aliphatic hydroxyl groups is 1. The van der Waals surface area contributed by atoms with Crippen molar-refractivity contribution >= 4 is 27.9 Å². The molecule has 1 heterocycles. The van der Waals surface area contributed by atoms with E-state index in [0.717, 1.165) is 16.1 Å². The minimum absolute atomic E-state index is 0.198. The van der Waals surface area contributed by atoms with Crippen LogP contribution in [-0.2, 0) is 26.3 Å². The molecule has 8 nitrogen and oxygen atoms in total. The predicted molar refractivity (Wildman–Crippen MR) is 117 cm³/mol. The summed E-state index contributed by atoms with van der Waals surface area (Å²) >= 11 is 0. The van der Waals surface area contributed by atoms with Gasteiger partial charge in [0.05, 0.1) is 6.20 Å². The number of carbonyl (C=O) groups excluding carboxylic acids is 1. The Bertz CT molecular complexity index is 1120. The maximum atomic E-state index is 12.3. The lowest BCUT2D eigenvalue weighted by Gasteiger charge is -2.19. The number of ether oxygens (including phenoxy) is 2. The zero-order valence-corrected chi connectivity index (χ0v) is 18.2. The number of nitrogens with one attached hydrogen (secondary N) is 1. The molecule has 0 unspecified atom stereocenters. The van der Waals surface area contributed by atoms with Gasteiger partial charge in [-0.15, -0.1) is 0 Å². The largest absolute Gasteiger partial charge is 0.493 e. The molecule has 0 fully saturated rings. The first kappa shape index (κ1) is 22.2. The third-order valence-electron chi connectivity index (χ3n) is 4.01. The Kier molecular flexibility index (Phi) is 6.26. The Morgan fingerprint density at radius 3 is 2.48 bits per heavy atom. The van der Waals surface area contributed by atoms with Crippen molar-refractivity contribution in [1.82, 2.24) is 4.72 Å². The molecule has 0 aromatic heterocycles. The highest BCUT2D eigenvalue weighted by Crippen LogP contribution is 2.34. The first-order chi connectivity index (χ1) is 14.5. The highest BCUT2D eigenvalue weighted by atomic mass is 32.2. The topological polar surface area (TPSA) is 105 Å². The van der Waals surface area contributed by atoms with E-state index in [1.807, 2.05) is 35.1 Å². The summed E-state index contributed by atoms with van der Waals surface area (Å²) in [5.41, 5.74) is 1.10. The van der Waals surface area contributed by atoms with Crippen molar-refractivity contribution < 1.29 is 27.8 Å². The Morgan fingerprint density at radius 2 is 1.87 bits per heavy atom. The standard InChI is InChI=1S/C22H24N2O6S/c1-22(2,3)30-21(26)12-10-16-9-11-18(24-14-20(25)23-31(24,27)28)19(13-16)29-15-17-7-5-4-6-8-17/h4-14,23,25H,15H2,1-3H3. The molecule has 9 heteroatoms. The first-order valence-electron chi connectivity index (χ1n) is 9.48. The van der Waals surface area contributed by atoms with Gasteiger partial charge in [0.15, 0.2) is 0 Å². The zero-order chi connectivity index (χ0) is 22.6. The van der Waals surface area contributed by atoms with Crippen LogP contribution in [-0.4, -0.2) is 25.1 Å². The van der Waals surface area contributed by atoms with Crippen LogP contribution in [0.2, 0.25) is 0 Å². The van der Waals surface area contributed by atoms with Gasteiger partial charge < -0.3 is 14.6 Å². The molecule has 3 rings (SSSR count). The summed E-state index contributed by atoms with van der Waals surface area (Å²) in [6.45, 7) is 5.52. The van der Waals surface area contributed by atoms with Gasteiger partial charge in [-0.1, -0.05) is 36.4 Å². The lowest BCUT2D eigenvalue weighted by atomic mass is 10.1. The highest BCUT2D eigenvalue weighted by Gasteiger charge is 2.31. The maximum Gasteiger partial charge on any atom is 0.331 e. The van der Waals surface area contributed by atoms with Crippen molar-refractivity contribution in [3.8, 4) is 5.75 Å². The van der Waals surface area contributed by atoms with E-state index in [9.17, 15) is 18.3 Å². The number of anilines is 1. The Labute approximate surface area is 181 Å². The quantitative estimate of drug-likeness (QED) is 0.521. The van der Waals surface area contributed by atoms with Crippen LogP contribution in [0.25, 0.3) is 6.08 Å². The summed E-state index contributed by atoms with van der Waals surface area (Å²) in [6.07, 6.45) is 3.90. The molecule has 0 aliphatic carbocycles. The van der Waals surface area contributed by atoms with E-state index >= 15 is 0 Å². The van der Waals surface area contributed by atoms with Crippen molar-refractivity contribution in [3.05, 3.63) is 77.8 Å². The number of carbonyl (C=O) groups is 1.